The Morgan fingerprint density at radius 1 is 1.27 bits per heavy atom. The van der Waals surface area contributed by atoms with Crippen LogP contribution in [-0.2, 0) is 0 Å². The Kier molecular flexibility index (Phi) is 2.91. The lowest BCUT2D eigenvalue weighted by atomic mass is 10.1. The molecule has 0 aliphatic rings. The highest BCUT2D eigenvalue weighted by atomic mass is 79.9. The molecule has 0 amide bonds. The Balaban J connectivity index is 2.42. The molecule has 0 unspecified atom stereocenters. The SMILES string of the molecule is CC(C)c1cnn(-c2ccccc2Br)c1. The molecule has 2 aromatic rings. The van der Waals surface area contributed by atoms with Gasteiger partial charge < -0.3 is 0 Å². The maximum atomic E-state index is 4.36. The molecule has 0 N–H and O–H groups in total. The van der Waals surface area contributed by atoms with Crippen molar-refractivity contribution < 1.29 is 0 Å². The molecule has 0 fully saturated rings. The van der Waals surface area contributed by atoms with Gasteiger partial charge in [-0.3, -0.25) is 0 Å². The van der Waals surface area contributed by atoms with Crippen molar-refractivity contribution in [3.63, 3.8) is 0 Å². The quantitative estimate of drug-likeness (QED) is 0.808. The highest BCUT2D eigenvalue weighted by Crippen LogP contribution is 2.21. The first-order chi connectivity index (χ1) is 7.18. The van der Waals surface area contributed by atoms with E-state index in [1.807, 2.05) is 35.1 Å². The van der Waals surface area contributed by atoms with Crippen LogP contribution in [0.4, 0.5) is 0 Å². The highest BCUT2D eigenvalue weighted by molar-refractivity contribution is 9.10. The fourth-order valence-electron chi connectivity index (χ4n) is 1.40. The van der Waals surface area contributed by atoms with Crippen LogP contribution in [0.5, 0.6) is 0 Å². The molecule has 0 aliphatic carbocycles. The van der Waals surface area contributed by atoms with Gasteiger partial charge >= 0.3 is 0 Å². The van der Waals surface area contributed by atoms with E-state index in [0.717, 1.165) is 10.2 Å². The second kappa shape index (κ2) is 4.19. The van der Waals surface area contributed by atoms with Gasteiger partial charge in [0, 0.05) is 10.7 Å². The van der Waals surface area contributed by atoms with Crippen molar-refractivity contribution in [2.24, 2.45) is 0 Å². The van der Waals surface area contributed by atoms with Crippen molar-refractivity contribution in [1.82, 2.24) is 9.78 Å². The van der Waals surface area contributed by atoms with Crippen molar-refractivity contribution in [3.8, 4) is 5.69 Å². The van der Waals surface area contributed by atoms with Gasteiger partial charge in [-0.15, -0.1) is 0 Å². The molecule has 0 aliphatic heterocycles. The minimum Gasteiger partial charge on any atom is -0.240 e. The fourth-order valence-corrected chi connectivity index (χ4v) is 1.87. The molecule has 0 bridgehead atoms. The van der Waals surface area contributed by atoms with E-state index in [9.17, 15) is 0 Å². The summed E-state index contributed by atoms with van der Waals surface area (Å²) in [4.78, 5) is 0. The molecule has 0 saturated heterocycles. The van der Waals surface area contributed by atoms with Gasteiger partial charge in [0.2, 0.25) is 0 Å². The van der Waals surface area contributed by atoms with Gasteiger partial charge in [0.05, 0.1) is 11.9 Å². The smallest absolute Gasteiger partial charge is 0.0787 e. The predicted octanol–water partition coefficient (Wildman–Crippen LogP) is 3.76. The maximum absolute atomic E-state index is 4.36. The Morgan fingerprint density at radius 2 is 2.00 bits per heavy atom. The van der Waals surface area contributed by atoms with Gasteiger partial charge in [-0.25, -0.2) is 4.68 Å². The Bertz CT molecular complexity index is 460. The van der Waals surface area contributed by atoms with Crippen LogP contribution in [0.3, 0.4) is 0 Å². The standard InChI is InChI=1S/C12H13BrN2/c1-9(2)10-7-14-15(8-10)12-6-4-3-5-11(12)13/h3-9H,1-2H3. The summed E-state index contributed by atoms with van der Waals surface area (Å²) in [6, 6.07) is 8.07. The molecule has 3 heteroatoms. The number of aromatic nitrogens is 2. The van der Waals surface area contributed by atoms with Crippen molar-refractivity contribution >= 4 is 15.9 Å². The molecule has 2 nitrogen and oxygen atoms in total. The van der Waals surface area contributed by atoms with Crippen LogP contribution in [0.15, 0.2) is 41.1 Å². The molecule has 1 aromatic carbocycles. The van der Waals surface area contributed by atoms with Crippen LogP contribution < -0.4 is 0 Å². The van der Waals surface area contributed by atoms with Crippen LogP contribution in [0.2, 0.25) is 0 Å². The Labute approximate surface area is 98.1 Å². The maximum Gasteiger partial charge on any atom is 0.0787 e. The summed E-state index contributed by atoms with van der Waals surface area (Å²) in [5, 5.41) is 4.36. The molecule has 2 rings (SSSR count). The van der Waals surface area contributed by atoms with E-state index in [4.69, 9.17) is 0 Å². The lowest BCUT2D eigenvalue weighted by molar-refractivity contribution is 0.856. The normalized spacial score (nSPS) is 10.9. The first-order valence-electron chi connectivity index (χ1n) is 4.98. The number of hydrogen-bond acceptors (Lipinski definition) is 1. The number of para-hydroxylation sites is 1. The van der Waals surface area contributed by atoms with E-state index in [2.05, 4.69) is 41.1 Å². The van der Waals surface area contributed by atoms with Gasteiger partial charge in [-0.2, -0.15) is 5.10 Å². The first kappa shape index (κ1) is 10.4. The lowest BCUT2D eigenvalue weighted by Crippen LogP contribution is -1.94. The largest absolute Gasteiger partial charge is 0.240 e. The van der Waals surface area contributed by atoms with Crippen molar-refractivity contribution in [3.05, 3.63) is 46.7 Å². The Hall–Kier alpha value is -1.09. The third kappa shape index (κ3) is 2.12. The molecule has 15 heavy (non-hydrogen) atoms. The van der Waals surface area contributed by atoms with Gasteiger partial charge in [-0.1, -0.05) is 26.0 Å². The van der Waals surface area contributed by atoms with E-state index in [-0.39, 0.29) is 0 Å². The number of hydrogen-bond donors (Lipinski definition) is 0. The summed E-state index contributed by atoms with van der Waals surface area (Å²) in [5.74, 6) is 0.515. The zero-order valence-corrected chi connectivity index (χ0v) is 10.4. The molecule has 0 radical (unpaired) electrons. The van der Waals surface area contributed by atoms with E-state index >= 15 is 0 Å². The molecule has 1 aromatic heterocycles. The van der Waals surface area contributed by atoms with Crippen LogP contribution in [0.1, 0.15) is 25.3 Å². The molecule has 0 atom stereocenters. The second-order valence-corrected chi connectivity index (χ2v) is 4.68. The summed E-state index contributed by atoms with van der Waals surface area (Å²) in [6.45, 7) is 4.34. The molecular formula is C12H13BrN2. The summed E-state index contributed by atoms with van der Waals surface area (Å²) >= 11 is 3.52. The summed E-state index contributed by atoms with van der Waals surface area (Å²) in [5.41, 5.74) is 2.33. The van der Waals surface area contributed by atoms with Gasteiger partial charge in [0.1, 0.15) is 0 Å². The summed E-state index contributed by atoms with van der Waals surface area (Å²) in [6.07, 6.45) is 3.99. The number of rotatable bonds is 2. The fraction of sp³-hybridized carbons (Fsp3) is 0.250. The van der Waals surface area contributed by atoms with Crippen LogP contribution >= 0.6 is 15.9 Å². The van der Waals surface area contributed by atoms with E-state index in [1.54, 1.807) is 0 Å². The second-order valence-electron chi connectivity index (χ2n) is 3.82. The lowest BCUT2D eigenvalue weighted by Gasteiger charge is -2.03. The third-order valence-corrected chi connectivity index (χ3v) is 3.04. The molecule has 78 valence electrons. The van der Waals surface area contributed by atoms with Crippen LogP contribution in [-0.4, -0.2) is 9.78 Å². The minimum absolute atomic E-state index is 0.515. The van der Waals surface area contributed by atoms with Gasteiger partial charge in [-0.05, 0) is 39.5 Å². The van der Waals surface area contributed by atoms with Gasteiger partial charge in [0.15, 0.2) is 0 Å². The Morgan fingerprint density at radius 3 is 2.60 bits per heavy atom. The minimum atomic E-state index is 0.515. The van der Waals surface area contributed by atoms with Crippen LogP contribution in [0, 0.1) is 0 Å². The van der Waals surface area contributed by atoms with E-state index < -0.39 is 0 Å². The molecule has 0 saturated carbocycles. The van der Waals surface area contributed by atoms with Crippen LogP contribution in [0.25, 0.3) is 5.69 Å². The number of halogens is 1. The zero-order chi connectivity index (χ0) is 10.8. The zero-order valence-electron chi connectivity index (χ0n) is 8.81. The highest BCUT2D eigenvalue weighted by Gasteiger charge is 2.05. The van der Waals surface area contributed by atoms with Crippen molar-refractivity contribution in [2.75, 3.05) is 0 Å². The van der Waals surface area contributed by atoms with Crippen molar-refractivity contribution in [1.29, 1.82) is 0 Å². The van der Waals surface area contributed by atoms with Gasteiger partial charge in [0.25, 0.3) is 0 Å². The average molecular weight is 265 g/mol. The summed E-state index contributed by atoms with van der Waals surface area (Å²) < 4.78 is 2.96. The average Bonchev–Trinajstić information content (AvgIpc) is 2.67. The monoisotopic (exact) mass is 264 g/mol. The molecule has 1 heterocycles. The molecular weight excluding hydrogens is 252 g/mol. The third-order valence-electron chi connectivity index (χ3n) is 2.37. The number of benzene rings is 1. The molecule has 0 spiro atoms. The number of nitrogens with zero attached hydrogens (tertiary/aromatic N) is 2. The van der Waals surface area contributed by atoms with Crippen molar-refractivity contribution in [2.45, 2.75) is 19.8 Å². The predicted molar refractivity (Wildman–Crippen MR) is 65.4 cm³/mol. The van der Waals surface area contributed by atoms with E-state index in [1.165, 1.54) is 5.56 Å². The van der Waals surface area contributed by atoms with E-state index in [0.29, 0.717) is 5.92 Å². The topological polar surface area (TPSA) is 17.8 Å². The summed E-state index contributed by atoms with van der Waals surface area (Å²) in [7, 11) is 0. The first-order valence-corrected chi connectivity index (χ1v) is 5.77.